The molecule has 0 rings (SSSR count). The highest BCUT2D eigenvalue weighted by Gasteiger charge is 1.67. The first kappa shape index (κ1) is 3.58. The second-order valence-corrected chi connectivity index (χ2v) is 1.39. The molecule has 0 spiro atoms. The molecule has 1 unspecified atom stereocenters. The Morgan fingerprint density at radius 3 is 3.00 bits per heavy atom. The summed E-state index contributed by atoms with van der Waals surface area (Å²) in [7, 11) is 0.335. The van der Waals surface area contributed by atoms with Gasteiger partial charge in [0, 0.05) is 0 Å². The lowest BCUT2D eigenvalue weighted by atomic mass is 10.5. The van der Waals surface area contributed by atoms with Crippen LogP contribution in [0.5, 0.6) is 0 Å². The third kappa shape index (κ3) is 4.39. The summed E-state index contributed by atoms with van der Waals surface area (Å²) in [6.07, 6.45) is 2.00. The van der Waals surface area contributed by atoms with E-state index in [9.17, 15) is 0 Å². The van der Waals surface area contributed by atoms with Crippen LogP contribution < -0.4 is 5.73 Å². The summed E-state index contributed by atoms with van der Waals surface area (Å²) < 4.78 is 6.68. The highest BCUT2D eigenvalue weighted by Crippen LogP contribution is 1.81. The average molecular weight is 93.1 g/mol. The summed E-state index contributed by atoms with van der Waals surface area (Å²) in [6, 6.07) is 0. The highest BCUT2D eigenvalue weighted by atomic mass is 31.0. The molecule has 0 amide bonds. The van der Waals surface area contributed by atoms with E-state index in [1.54, 1.807) is 0 Å². The largest absolute Gasteiger partial charge is 0.330 e. The van der Waals surface area contributed by atoms with Crippen molar-refractivity contribution in [1.82, 2.24) is 0 Å². The van der Waals surface area contributed by atoms with Crippen LogP contribution in [0.2, 0.25) is 0 Å². The van der Waals surface area contributed by atoms with E-state index in [1.807, 2.05) is 0 Å². The van der Waals surface area contributed by atoms with Crippen LogP contribution in [0.1, 0.15) is 6.42 Å². The van der Waals surface area contributed by atoms with Crippen LogP contribution in [0.15, 0.2) is 0 Å². The van der Waals surface area contributed by atoms with Gasteiger partial charge in [0.1, 0.15) is 0 Å². The van der Waals surface area contributed by atoms with Gasteiger partial charge >= 0.3 is 0 Å². The molecule has 0 aliphatic rings. The molecule has 0 aromatic carbocycles. The molecule has 1 nitrogen and oxygen atoms in total. The summed E-state index contributed by atoms with van der Waals surface area (Å²) >= 11 is 0. The molecular weight excluding hydrogens is 81.0 g/mol. The van der Waals surface area contributed by atoms with Crippen molar-refractivity contribution in [2.45, 2.75) is 6.42 Å². The number of hydrogen-bond donors (Lipinski definition) is 1. The minimum absolute atomic E-state index is 0.335. The van der Waals surface area contributed by atoms with Gasteiger partial charge < -0.3 is 5.73 Å². The molecule has 0 saturated carbocycles. The van der Waals surface area contributed by atoms with Crippen molar-refractivity contribution < 1.29 is 0 Å². The Morgan fingerprint density at radius 2 is 2.80 bits per heavy atom. The van der Waals surface area contributed by atoms with E-state index < -0.39 is 0 Å². The average Bonchev–Trinajstić information content (AvgIpc) is 1.61. The van der Waals surface area contributed by atoms with Crippen LogP contribution in [-0.4, -0.2) is 14.0 Å². The number of nitrogens with two attached hydrogens (primary N) is 1. The van der Waals surface area contributed by atoms with Crippen molar-refractivity contribution in [3.8, 4) is 0 Å². The summed E-state index contributed by atoms with van der Waals surface area (Å²) in [4.78, 5) is 0. The smallest absolute Gasteiger partial charge is 0.0546 e. The van der Waals surface area contributed by atoms with Crippen molar-refractivity contribution in [3.63, 3.8) is 0 Å². The minimum atomic E-state index is 0.335. The first-order valence-corrected chi connectivity index (χ1v) is 2.47. The molecule has 0 heterocycles. The summed E-state index contributed by atoms with van der Waals surface area (Å²) in [5.74, 6) is 0. The van der Waals surface area contributed by atoms with E-state index >= 15 is 0 Å². The van der Waals surface area contributed by atoms with Crippen LogP contribution in [0, 0.1) is 0 Å². The van der Waals surface area contributed by atoms with Crippen molar-refractivity contribution in [2.24, 2.45) is 5.73 Å². The van der Waals surface area contributed by atoms with Crippen molar-refractivity contribution in [1.29, 1.82) is 1.28 Å². The first-order valence-electron chi connectivity index (χ1n) is 2.26. The Bertz CT molecular complexity index is 22.8. The Balaban J connectivity index is 2.34. The highest BCUT2D eigenvalue weighted by molar-refractivity contribution is 7.16. The van der Waals surface area contributed by atoms with Gasteiger partial charge in [-0.1, -0.05) is 0 Å². The molecule has 2 N–H and O–H groups in total. The fraction of sp³-hybridized carbons (Fsp3) is 1.00. The molecule has 5 heavy (non-hydrogen) atoms. The second kappa shape index (κ2) is 4.39. The van der Waals surface area contributed by atoms with Crippen molar-refractivity contribution in [2.75, 3.05) is 12.7 Å². The van der Waals surface area contributed by atoms with Gasteiger partial charge in [-0.25, -0.2) is 0 Å². The van der Waals surface area contributed by atoms with E-state index in [4.69, 9.17) is 7.01 Å². The molecule has 0 aliphatic heterocycles. The summed E-state index contributed by atoms with van der Waals surface area (Å²) in [6.45, 7) is 0.742. The van der Waals surface area contributed by atoms with E-state index in [-0.39, 0.29) is 0 Å². The quantitative estimate of drug-likeness (QED) is 0.391. The SMILES string of the molecule is [3H]PCCCN. The van der Waals surface area contributed by atoms with Gasteiger partial charge in [0.2, 0.25) is 0 Å². The molecule has 1 atom stereocenters. The number of rotatable bonds is 3. The predicted molar refractivity (Wildman–Crippen MR) is 28.2 cm³/mol. The molecule has 0 bridgehead atoms. The monoisotopic (exact) mass is 93.1 g/mol. The van der Waals surface area contributed by atoms with Crippen LogP contribution in [-0.2, 0) is 0 Å². The first-order chi connectivity index (χ1) is 2.91. The van der Waals surface area contributed by atoms with E-state index in [0.717, 1.165) is 19.1 Å². The normalized spacial score (nSPS) is 13.4. The van der Waals surface area contributed by atoms with Gasteiger partial charge in [-0.05, 0) is 19.1 Å². The molecule has 0 fully saturated rings. The van der Waals surface area contributed by atoms with Gasteiger partial charge in [0.15, 0.2) is 0 Å². The predicted octanol–water partition coefficient (Wildman–Crippen LogP) is 0.210. The minimum Gasteiger partial charge on any atom is -0.330 e. The molecular formula is C3H10NP. The third-order valence-electron chi connectivity index (χ3n) is 0.381. The molecule has 0 aromatic rings. The molecule has 0 radical (unpaired) electrons. The lowest BCUT2D eigenvalue weighted by Crippen LogP contribution is -1.97. The fourth-order valence-corrected chi connectivity index (χ4v) is 0.306. The van der Waals surface area contributed by atoms with E-state index in [2.05, 4.69) is 0 Å². The molecule has 0 aromatic heterocycles. The van der Waals surface area contributed by atoms with Crippen LogP contribution >= 0.6 is 9.18 Å². The van der Waals surface area contributed by atoms with Gasteiger partial charge in [0.25, 0.3) is 0 Å². The number of hydrogen-bond acceptors (Lipinski definition) is 1. The molecule has 2 heteroatoms. The van der Waals surface area contributed by atoms with Gasteiger partial charge in [-0.2, -0.15) is 0 Å². The Kier molecular flexibility index (Phi) is 3.14. The zero-order chi connectivity index (χ0) is 4.83. The Morgan fingerprint density at radius 1 is 2.00 bits per heavy atom. The van der Waals surface area contributed by atoms with Gasteiger partial charge in [-0.15, -0.1) is 9.18 Å². The van der Waals surface area contributed by atoms with Crippen LogP contribution in [0.3, 0.4) is 0 Å². The van der Waals surface area contributed by atoms with Crippen molar-refractivity contribution >= 4 is 9.18 Å². The zero-order valence-corrected chi connectivity index (χ0v) is 4.20. The second-order valence-electron chi connectivity index (χ2n) is 0.892. The lowest BCUT2D eigenvalue weighted by Gasteiger charge is -1.80. The molecule has 32 valence electrons. The van der Waals surface area contributed by atoms with Gasteiger partial charge in [-0.3, -0.25) is 0 Å². The standard InChI is InChI=1S/C3H10NP/c4-2-1-3-5/h1-5H2/i5T. The van der Waals surface area contributed by atoms with Crippen LogP contribution in [0.4, 0.5) is 0 Å². The summed E-state index contributed by atoms with van der Waals surface area (Å²) in [5, 5.41) is 0. The lowest BCUT2D eigenvalue weighted by molar-refractivity contribution is 0.944. The van der Waals surface area contributed by atoms with Gasteiger partial charge in [0.05, 0.1) is 1.28 Å². The van der Waals surface area contributed by atoms with E-state index in [0.29, 0.717) is 9.18 Å². The Labute approximate surface area is 36.4 Å². The Hall–Kier alpha value is 0.390. The maximum atomic E-state index is 6.68. The fourth-order valence-electron chi connectivity index (χ4n) is 0.102. The summed E-state index contributed by atoms with van der Waals surface area (Å²) in [5.41, 5.74) is 5.14. The zero-order valence-electron chi connectivity index (χ0n) is 4.20. The third-order valence-corrected chi connectivity index (χ3v) is 0.734. The topological polar surface area (TPSA) is 26.0 Å². The maximum absolute atomic E-state index is 6.68. The van der Waals surface area contributed by atoms with E-state index in [1.165, 1.54) is 0 Å². The van der Waals surface area contributed by atoms with Crippen molar-refractivity contribution in [3.05, 3.63) is 0 Å². The van der Waals surface area contributed by atoms with Crippen LogP contribution in [0.25, 0.3) is 0 Å². The molecule has 0 aliphatic carbocycles. The maximum Gasteiger partial charge on any atom is 0.0546 e. The molecule has 0 saturated heterocycles.